The van der Waals surface area contributed by atoms with Crippen LogP contribution in [0.15, 0.2) is 54.6 Å². The van der Waals surface area contributed by atoms with E-state index in [0.29, 0.717) is 17.1 Å². The minimum atomic E-state index is -3.61. The van der Waals surface area contributed by atoms with Gasteiger partial charge in [0.25, 0.3) is 0 Å². The van der Waals surface area contributed by atoms with Crippen molar-refractivity contribution in [3.8, 4) is 5.75 Å². The number of carbonyl (C=O) groups is 1. The number of sulfonamides is 1. The Labute approximate surface area is 135 Å². The lowest BCUT2D eigenvalue weighted by atomic mass is 10.3. The predicted octanol–water partition coefficient (Wildman–Crippen LogP) is 2.10. The number of nitrogens with zero attached hydrogens (tertiary/aromatic N) is 1. The summed E-state index contributed by atoms with van der Waals surface area (Å²) in [6.45, 7) is -0.319. The number of benzene rings is 2. The molecule has 1 amide bonds. The minimum Gasteiger partial charge on any atom is -0.497 e. The Kier molecular flexibility index (Phi) is 5.23. The van der Waals surface area contributed by atoms with E-state index >= 15 is 0 Å². The zero-order valence-electron chi connectivity index (χ0n) is 12.9. The number of hydrogen-bond donors (Lipinski definition) is 1. The number of hydrogen-bond acceptors (Lipinski definition) is 4. The van der Waals surface area contributed by atoms with Gasteiger partial charge in [0.05, 0.1) is 19.1 Å². The third kappa shape index (κ3) is 4.72. The van der Waals surface area contributed by atoms with Crippen molar-refractivity contribution in [3.63, 3.8) is 0 Å². The fourth-order valence-corrected chi connectivity index (χ4v) is 2.87. The quantitative estimate of drug-likeness (QED) is 0.878. The van der Waals surface area contributed by atoms with Crippen LogP contribution in [0.5, 0.6) is 5.75 Å². The summed E-state index contributed by atoms with van der Waals surface area (Å²) in [6, 6.07) is 15.4. The van der Waals surface area contributed by atoms with Crippen LogP contribution in [0.2, 0.25) is 0 Å². The molecule has 0 aromatic heterocycles. The normalized spacial score (nSPS) is 10.9. The van der Waals surface area contributed by atoms with Gasteiger partial charge in [0.1, 0.15) is 12.3 Å². The van der Waals surface area contributed by atoms with Crippen LogP contribution in [0, 0.1) is 0 Å². The van der Waals surface area contributed by atoms with Crippen molar-refractivity contribution in [1.82, 2.24) is 0 Å². The molecule has 0 spiro atoms. The molecule has 2 aromatic carbocycles. The highest BCUT2D eigenvalue weighted by atomic mass is 32.2. The van der Waals surface area contributed by atoms with Crippen molar-refractivity contribution >= 4 is 27.3 Å². The first-order chi connectivity index (χ1) is 10.9. The van der Waals surface area contributed by atoms with Crippen molar-refractivity contribution in [2.24, 2.45) is 0 Å². The van der Waals surface area contributed by atoms with Crippen LogP contribution in [0.4, 0.5) is 11.4 Å². The van der Waals surface area contributed by atoms with E-state index in [9.17, 15) is 13.2 Å². The van der Waals surface area contributed by atoms with E-state index in [1.54, 1.807) is 48.5 Å². The molecule has 23 heavy (non-hydrogen) atoms. The lowest BCUT2D eigenvalue weighted by Gasteiger charge is -2.22. The Bertz CT molecular complexity index is 776. The molecule has 0 fully saturated rings. The van der Waals surface area contributed by atoms with Crippen LogP contribution in [-0.4, -0.2) is 34.2 Å². The average Bonchev–Trinajstić information content (AvgIpc) is 2.52. The summed E-state index contributed by atoms with van der Waals surface area (Å²) in [6.07, 6.45) is 1.06. The molecule has 6 nitrogen and oxygen atoms in total. The summed E-state index contributed by atoms with van der Waals surface area (Å²) in [5, 5.41) is 2.67. The summed E-state index contributed by atoms with van der Waals surface area (Å²) in [4.78, 5) is 12.1. The van der Waals surface area contributed by atoms with Crippen molar-refractivity contribution < 1.29 is 17.9 Å². The van der Waals surface area contributed by atoms with E-state index in [1.807, 2.05) is 6.07 Å². The molecule has 0 aliphatic heterocycles. The first-order valence-electron chi connectivity index (χ1n) is 6.87. The number of carbonyl (C=O) groups excluding carboxylic acids is 1. The molecular formula is C16H18N2O4S. The van der Waals surface area contributed by atoms with Gasteiger partial charge in [-0.05, 0) is 24.3 Å². The molecule has 0 aliphatic carbocycles. The monoisotopic (exact) mass is 334 g/mol. The van der Waals surface area contributed by atoms with E-state index < -0.39 is 15.9 Å². The SMILES string of the molecule is COc1cccc(N(CC(=O)Nc2ccccc2)S(C)(=O)=O)c1. The number of para-hydroxylation sites is 1. The maximum Gasteiger partial charge on any atom is 0.245 e. The predicted molar refractivity (Wildman–Crippen MR) is 90.3 cm³/mol. The van der Waals surface area contributed by atoms with E-state index in [1.165, 1.54) is 7.11 Å². The van der Waals surface area contributed by atoms with Crippen LogP contribution in [-0.2, 0) is 14.8 Å². The smallest absolute Gasteiger partial charge is 0.245 e. The summed E-state index contributed by atoms with van der Waals surface area (Å²) in [7, 11) is -2.12. The van der Waals surface area contributed by atoms with Crippen LogP contribution in [0.3, 0.4) is 0 Å². The van der Waals surface area contributed by atoms with E-state index in [-0.39, 0.29) is 6.54 Å². The van der Waals surface area contributed by atoms with Gasteiger partial charge in [-0.15, -0.1) is 0 Å². The maximum atomic E-state index is 12.1. The Hall–Kier alpha value is -2.54. The third-order valence-electron chi connectivity index (χ3n) is 3.09. The molecule has 1 N–H and O–H groups in total. The number of methoxy groups -OCH3 is 1. The largest absolute Gasteiger partial charge is 0.497 e. The Morgan fingerprint density at radius 1 is 1.13 bits per heavy atom. The molecule has 0 radical (unpaired) electrons. The topological polar surface area (TPSA) is 75.7 Å². The Morgan fingerprint density at radius 3 is 2.43 bits per heavy atom. The van der Waals surface area contributed by atoms with Gasteiger partial charge in [-0.3, -0.25) is 9.10 Å². The van der Waals surface area contributed by atoms with Gasteiger partial charge in [0.15, 0.2) is 0 Å². The average molecular weight is 334 g/mol. The minimum absolute atomic E-state index is 0.319. The lowest BCUT2D eigenvalue weighted by Crippen LogP contribution is -2.37. The van der Waals surface area contributed by atoms with E-state index in [0.717, 1.165) is 10.6 Å². The van der Waals surface area contributed by atoms with Gasteiger partial charge in [0, 0.05) is 11.8 Å². The van der Waals surface area contributed by atoms with Crippen LogP contribution >= 0.6 is 0 Å². The molecule has 2 aromatic rings. The van der Waals surface area contributed by atoms with Gasteiger partial charge < -0.3 is 10.1 Å². The van der Waals surface area contributed by atoms with Gasteiger partial charge in [0.2, 0.25) is 15.9 Å². The van der Waals surface area contributed by atoms with Crippen LogP contribution in [0.1, 0.15) is 0 Å². The molecule has 0 bridgehead atoms. The second-order valence-electron chi connectivity index (χ2n) is 4.89. The van der Waals surface area contributed by atoms with Gasteiger partial charge in [-0.1, -0.05) is 24.3 Å². The summed E-state index contributed by atoms with van der Waals surface area (Å²) in [5.41, 5.74) is 0.978. The van der Waals surface area contributed by atoms with E-state index in [2.05, 4.69) is 5.32 Å². The number of anilines is 2. The summed E-state index contributed by atoms with van der Waals surface area (Å²) >= 11 is 0. The molecule has 0 saturated carbocycles. The molecule has 0 aliphatic rings. The maximum absolute atomic E-state index is 12.1. The number of ether oxygens (including phenoxy) is 1. The molecule has 7 heteroatoms. The molecule has 0 atom stereocenters. The van der Waals surface area contributed by atoms with Crippen LogP contribution < -0.4 is 14.4 Å². The number of nitrogens with one attached hydrogen (secondary N) is 1. The molecular weight excluding hydrogens is 316 g/mol. The van der Waals surface area contributed by atoms with Gasteiger partial charge >= 0.3 is 0 Å². The van der Waals surface area contributed by atoms with Gasteiger partial charge in [-0.25, -0.2) is 8.42 Å². The lowest BCUT2D eigenvalue weighted by molar-refractivity contribution is -0.114. The molecule has 2 rings (SSSR count). The highest BCUT2D eigenvalue weighted by Gasteiger charge is 2.21. The zero-order chi connectivity index (χ0) is 16.9. The van der Waals surface area contributed by atoms with Crippen molar-refractivity contribution in [3.05, 3.63) is 54.6 Å². The number of rotatable bonds is 6. The third-order valence-corrected chi connectivity index (χ3v) is 4.23. The second-order valence-corrected chi connectivity index (χ2v) is 6.79. The molecule has 0 unspecified atom stereocenters. The summed E-state index contributed by atoms with van der Waals surface area (Å²) in [5.74, 6) is 0.0871. The Balaban J connectivity index is 2.21. The first kappa shape index (κ1) is 16.8. The number of amides is 1. The second kappa shape index (κ2) is 7.15. The summed E-state index contributed by atoms with van der Waals surface area (Å²) < 4.78 is 30.2. The Morgan fingerprint density at radius 2 is 1.83 bits per heavy atom. The van der Waals surface area contributed by atoms with E-state index in [4.69, 9.17) is 4.74 Å². The molecule has 0 heterocycles. The van der Waals surface area contributed by atoms with Crippen molar-refractivity contribution in [2.45, 2.75) is 0 Å². The van der Waals surface area contributed by atoms with Crippen molar-refractivity contribution in [2.75, 3.05) is 29.5 Å². The highest BCUT2D eigenvalue weighted by Crippen LogP contribution is 2.23. The molecule has 0 saturated heterocycles. The fraction of sp³-hybridized carbons (Fsp3) is 0.188. The molecule has 122 valence electrons. The fourth-order valence-electron chi connectivity index (χ4n) is 2.02. The zero-order valence-corrected chi connectivity index (χ0v) is 13.7. The standard InChI is InChI=1S/C16H18N2O4S/c1-22-15-10-6-9-14(11-15)18(23(2,20)21)12-16(19)17-13-7-4-3-5-8-13/h3-11H,12H2,1-2H3,(H,17,19). The first-order valence-corrected chi connectivity index (χ1v) is 8.71. The highest BCUT2D eigenvalue weighted by molar-refractivity contribution is 7.92. The van der Waals surface area contributed by atoms with Crippen molar-refractivity contribution in [1.29, 1.82) is 0 Å². The van der Waals surface area contributed by atoms with Crippen LogP contribution in [0.25, 0.3) is 0 Å². The van der Waals surface area contributed by atoms with Gasteiger partial charge in [-0.2, -0.15) is 0 Å².